The number of benzene rings is 2. The van der Waals surface area contributed by atoms with E-state index in [1.54, 1.807) is 31.2 Å². The molecule has 1 atom stereocenters. The molecule has 146 valence electrons. The smallest absolute Gasteiger partial charge is 0.416 e. The van der Waals surface area contributed by atoms with Crippen LogP contribution in [0.5, 0.6) is 5.75 Å². The zero-order valence-electron chi connectivity index (χ0n) is 14.6. The van der Waals surface area contributed by atoms with Crippen molar-refractivity contribution >= 4 is 11.7 Å². The molecule has 8 heteroatoms. The van der Waals surface area contributed by atoms with E-state index in [2.05, 4.69) is 5.32 Å². The third-order valence-corrected chi connectivity index (χ3v) is 3.55. The van der Waals surface area contributed by atoms with Gasteiger partial charge in [-0.3, -0.25) is 0 Å². The molecule has 1 unspecified atom stereocenters. The fourth-order valence-electron chi connectivity index (χ4n) is 2.26. The monoisotopic (exact) mass is 383 g/mol. The second-order valence-electron chi connectivity index (χ2n) is 5.64. The maximum absolute atomic E-state index is 12.7. The molecule has 0 aliphatic carbocycles. The minimum atomic E-state index is -4.43. The van der Waals surface area contributed by atoms with Crippen LogP contribution in [0, 0.1) is 0 Å². The molecule has 0 aromatic heterocycles. The second-order valence-corrected chi connectivity index (χ2v) is 5.64. The number of rotatable bonds is 8. The van der Waals surface area contributed by atoms with Crippen molar-refractivity contribution in [2.45, 2.75) is 19.2 Å². The first kappa shape index (κ1) is 20.6. The second kappa shape index (κ2) is 9.27. The Morgan fingerprint density at radius 2 is 1.93 bits per heavy atom. The van der Waals surface area contributed by atoms with Crippen LogP contribution in [-0.2, 0) is 10.9 Å². The van der Waals surface area contributed by atoms with Gasteiger partial charge in [0, 0.05) is 12.2 Å². The minimum absolute atomic E-state index is 0.0249. The van der Waals surface area contributed by atoms with Crippen LogP contribution in [0.25, 0.3) is 0 Å². The number of hydrogen-bond acceptors (Lipinski definition) is 5. The molecule has 27 heavy (non-hydrogen) atoms. The number of alkyl halides is 3. The van der Waals surface area contributed by atoms with Crippen molar-refractivity contribution < 1.29 is 32.5 Å². The third kappa shape index (κ3) is 6.18. The number of aliphatic hydroxyl groups excluding tert-OH is 1. The predicted molar refractivity (Wildman–Crippen MR) is 93.8 cm³/mol. The highest BCUT2D eigenvalue weighted by Gasteiger charge is 2.30. The van der Waals surface area contributed by atoms with Crippen LogP contribution >= 0.6 is 0 Å². The van der Waals surface area contributed by atoms with Crippen molar-refractivity contribution in [2.24, 2.45) is 0 Å². The van der Waals surface area contributed by atoms with E-state index in [4.69, 9.17) is 9.47 Å². The van der Waals surface area contributed by atoms with E-state index < -0.39 is 23.8 Å². The molecule has 0 amide bonds. The SMILES string of the molecule is CCOC(=O)c1ccccc1OCC(O)CNc1cccc(C(F)(F)F)c1. The first-order valence-electron chi connectivity index (χ1n) is 8.29. The van der Waals surface area contributed by atoms with Gasteiger partial charge in [-0.2, -0.15) is 13.2 Å². The van der Waals surface area contributed by atoms with Crippen LogP contribution in [0.3, 0.4) is 0 Å². The summed E-state index contributed by atoms with van der Waals surface area (Å²) < 4.78 is 48.5. The average molecular weight is 383 g/mol. The fourth-order valence-corrected chi connectivity index (χ4v) is 2.26. The van der Waals surface area contributed by atoms with E-state index in [-0.39, 0.29) is 36.8 Å². The number of anilines is 1. The quantitative estimate of drug-likeness (QED) is 0.680. The summed E-state index contributed by atoms with van der Waals surface area (Å²) in [6.45, 7) is 1.73. The van der Waals surface area contributed by atoms with E-state index in [9.17, 15) is 23.1 Å². The van der Waals surface area contributed by atoms with Gasteiger partial charge in [0.05, 0.1) is 12.2 Å². The molecule has 2 rings (SSSR count). The molecule has 0 radical (unpaired) electrons. The first-order valence-corrected chi connectivity index (χ1v) is 8.29. The summed E-state index contributed by atoms with van der Waals surface area (Å²) in [7, 11) is 0. The number of hydrogen-bond donors (Lipinski definition) is 2. The van der Waals surface area contributed by atoms with Gasteiger partial charge >= 0.3 is 12.1 Å². The standard InChI is InChI=1S/C19H20F3NO4/c1-2-26-18(25)16-8-3-4-9-17(16)27-12-15(24)11-23-14-7-5-6-13(10-14)19(20,21)22/h3-10,15,23-24H,2,11-12H2,1H3. The number of ether oxygens (including phenoxy) is 2. The summed E-state index contributed by atoms with van der Waals surface area (Å²) in [6.07, 6.45) is -5.44. The number of aliphatic hydroxyl groups is 1. The number of para-hydroxylation sites is 1. The zero-order valence-corrected chi connectivity index (χ0v) is 14.6. The maximum Gasteiger partial charge on any atom is 0.416 e. The van der Waals surface area contributed by atoms with E-state index in [1.165, 1.54) is 12.1 Å². The van der Waals surface area contributed by atoms with Gasteiger partial charge in [0.1, 0.15) is 24.0 Å². The molecule has 2 aromatic carbocycles. The van der Waals surface area contributed by atoms with Crippen molar-refractivity contribution in [3.63, 3.8) is 0 Å². The molecule has 0 bridgehead atoms. The molecule has 0 saturated carbocycles. The van der Waals surface area contributed by atoms with Crippen molar-refractivity contribution in [3.05, 3.63) is 59.7 Å². The van der Waals surface area contributed by atoms with Gasteiger partial charge in [-0.1, -0.05) is 18.2 Å². The summed E-state index contributed by atoms with van der Waals surface area (Å²) in [5.74, 6) is -0.279. The van der Waals surface area contributed by atoms with Crippen molar-refractivity contribution in [1.29, 1.82) is 0 Å². The van der Waals surface area contributed by atoms with Gasteiger partial charge < -0.3 is 19.9 Å². The molecule has 5 nitrogen and oxygen atoms in total. The molecule has 0 aliphatic rings. The molecular weight excluding hydrogens is 363 g/mol. The number of carbonyl (C=O) groups excluding carboxylic acids is 1. The van der Waals surface area contributed by atoms with Gasteiger partial charge in [-0.15, -0.1) is 0 Å². The van der Waals surface area contributed by atoms with Crippen LogP contribution in [0.1, 0.15) is 22.8 Å². The van der Waals surface area contributed by atoms with Crippen LogP contribution in [0.15, 0.2) is 48.5 Å². The largest absolute Gasteiger partial charge is 0.490 e. The lowest BCUT2D eigenvalue weighted by Gasteiger charge is -2.16. The lowest BCUT2D eigenvalue weighted by molar-refractivity contribution is -0.137. The Morgan fingerprint density at radius 1 is 1.19 bits per heavy atom. The summed E-state index contributed by atoms with van der Waals surface area (Å²) in [4.78, 5) is 11.9. The maximum atomic E-state index is 12.7. The third-order valence-electron chi connectivity index (χ3n) is 3.55. The van der Waals surface area contributed by atoms with Gasteiger partial charge in [-0.25, -0.2) is 4.79 Å². The van der Waals surface area contributed by atoms with E-state index in [0.29, 0.717) is 0 Å². The first-order chi connectivity index (χ1) is 12.8. The van der Waals surface area contributed by atoms with Crippen LogP contribution in [0.4, 0.5) is 18.9 Å². The van der Waals surface area contributed by atoms with Gasteiger partial charge in [-0.05, 0) is 37.3 Å². The molecular formula is C19H20F3NO4. The van der Waals surface area contributed by atoms with Crippen molar-refractivity contribution in [1.82, 2.24) is 0 Å². The Kier molecular flexibility index (Phi) is 7.06. The summed E-state index contributed by atoms with van der Waals surface area (Å²) in [6, 6.07) is 11.1. The minimum Gasteiger partial charge on any atom is -0.490 e. The van der Waals surface area contributed by atoms with E-state index >= 15 is 0 Å². The summed E-state index contributed by atoms with van der Waals surface area (Å²) in [5.41, 5.74) is -0.310. The van der Waals surface area contributed by atoms with E-state index in [0.717, 1.165) is 12.1 Å². The van der Waals surface area contributed by atoms with Crippen LogP contribution in [-0.4, -0.2) is 36.9 Å². The molecule has 2 aromatic rings. The topological polar surface area (TPSA) is 67.8 Å². The molecule has 2 N–H and O–H groups in total. The van der Waals surface area contributed by atoms with Gasteiger partial charge in [0.2, 0.25) is 0 Å². The average Bonchev–Trinajstić information content (AvgIpc) is 2.64. The van der Waals surface area contributed by atoms with E-state index in [1.807, 2.05) is 0 Å². The van der Waals surface area contributed by atoms with Gasteiger partial charge in [0.25, 0.3) is 0 Å². The zero-order chi connectivity index (χ0) is 19.9. The Morgan fingerprint density at radius 3 is 2.63 bits per heavy atom. The van der Waals surface area contributed by atoms with Crippen molar-refractivity contribution in [2.75, 3.05) is 25.1 Å². The molecule has 0 saturated heterocycles. The molecule has 0 fully saturated rings. The highest BCUT2D eigenvalue weighted by molar-refractivity contribution is 5.92. The highest BCUT2D eigenvalue weighted by Crippen LogP contribution is 2.30. The Labute approximate surface area is 154 Å². The lowest BCUT2D eigenvalue weighted by atomic mass is 10.2. The molecule has 0 spiro atoms. The normalized spacial score (nSPS) is 12.3. The Bertz CT molecular complexity index is 765. The fraction of sp³-hybridized carbons (Fsp3) is 0.316. The molecule has 0 heterocycles. The Hall–Kier alpha value is -2.74. The highest BCUT2D eigenvalue weighted by atomic mass is 19.4. The summed E-state index contributed by atoms with van der Waals surface area (Å²) in [5, 5.41) is 12.7. The lowest BCUT2D eigenvalue weighted by Crippen LogP contribution is -2.26. The molecule has 0 aliphatic heterocycles. The van der Waals surface area contributed by atoms with Crippen LogP contribution < -0.4 is 10.1 Å². The summed E-state index contributed by atoms with van der Waals surface area (Å²) >= 11 is 0. The number of carbonyl (C=O) groups is 1. The van der Waals surface area contributed by atoms with Gasteiger partial charge in [0.15, 0.2) is 0 Å². The van der Waals surface area contributed by atoms with Crippen LogP contribution in [0.2, 0.25) is 0 Å². The predicted octanol–water partition coefficient (Wildman–Crippen LogP) is 3.73. The number of nitrogens with one attached hydrogen (secondary N) is 1. The number of esters is 1. The van der Waals surface area contributed by atoms with Crippen molar-refractivity contribution in [3.8, 4) is 5.75 Å². The number of halogens is 3. The Balaban J connectivity index is 1.91.